The smallest absolute Gasteiger partial charge is 0.217 e. The summed E-state index contributed by atoms with van der Waals surface area (Å²) in [7, 11) is 0. The lowest BCUT2D eigenvalue weighted by Crippen LogP contribution is -2.68. The monoisotopic (exact) mass is 351 g/mol. The number of rotatable bonds is 4. The second kappa shape index (κ2) is 7.39. The van der Waals surface area contributed by atoms with Gasteiger partial charge in [-0.1, -0.05) is 30.3 Å². The van der Waals surface area contributed by atoms with Crippen molar-refractivity contribution < 1.29 is 28.8 Å². The van der Waals surface area contributed by atoms with Gasteiger partial charge in [-0.15, -0.1) is 0 Å². The maximum absolute atomic E-state index is 11.6. The summed E-state index contributed by atoms with van der Waals surface area (Å²) in [6, 6.07) is 8.91. The molecule has 3 rings (SSSR count). The molecule has 1 aromatic carbocycles. The second-order valence-corrected chi connectivity index (χ2v) is 6.85. The predicted octanol–water partition coefficient (Wildman–Crippen LogP) is 0.945. The van der Waals surface area contributed by atoms with Crippen molar-refractivity contribution in [3.63, 3.8) is 0 Å². The summed E-state index contributed by atoms with van der Waals surface area (Å²) >= 11 is 0. The first-order chi connectivity index (χ1) is 11.9. The minimum atomic E-state index is -0.966. The molecule has 2 N–H and O–H groups in total. The van der Waals surface area contributed by atoms with Gasteiger partial charge in [0.25, 0.3) is 0 Å². The van der Waals surface area contributed by atoms with Gasteiger partial charge in [0.2, 0.25) is 5.91 Å². The third-order valence-electron chi connectivity index (χ3n) is 4.32. The molecule has 7 nitrogen and oxygen atoms in total. The van der Waals surface area contributed by atoms with Crippen molar-refractivity contribution in [3.8, 4) is 0 Å². The van der Waals surface area contributed by atoms with Crippen LogP contribution in [0.5, 0.6) is 0 Å². The molecule has 0 bridgehead atoms. The van der Waals surface area contributed by atoms with Crippen LogP contribution in [-0.2, 0) is 30.3 Å². The number of benzene rings is 1. The van der Waals surface area contributed by atoms with Crippen LogP contribution in [-0.4, -0.2) is 54.1 Å². The fourth-order valence-corrected chi connectivity index (χ4v) is 3.13. The largest absolute Gasteiger partial charge is 0.388 e. The number of carbonyl (C=O) groups is 1. The number of amides is 1. The fraction of sp³-hybridized carbons (Fsp3) is 0.611. The zero-order chi connectivity index (χ0) is 18.0. The van der Waals surface area contributed by atoms with E-state index in [4.69, 9.17) is 18.9 Å². The van der Waals surface area contributed by atoms with E-state index in [0.717, 1.165) is 5.56 Å². The number of ether oxygens (including phenoxy) is 4. The van der Waals surface area contributed by atoms with Gasteiger partial charge in [0.05, 0.1) is 13.2 Å². The third kappa shape index (κ3) is 4.37. The van der Waals surface area contributed by atoms with Gasteiger partial charge in [0.1, 0.15) is 24.4 Å². The van der Waals surface area contributed by atoms with Crippen molar-refractivity contribution in [1.82, 2.24) is 5.32 Å². The first kappa shape index (κ1) is 18.3. The van der Waals surface area contributed by atoms with Gasteiger partial charge in [0, 0.05) is 6.92 Å². The number of nitrogens with one attached hydrogen (secondary N) is 1. The topological polar surface area (TPSA) is 86.3 Å². The first-order valence-electron chi connectivity index (χ1n) is 8.44. The molecule has 2 aliphatic heterocycles. The minimum absolute atomic E-state index is 0.272. The average Bonchev–Trinajstić information content (AvgIpc) is 2.57. The predicted molar refractivity (Wildman–Crippen MR) is 88.4 cm³/mol. The van der Waals surface area contributed by atoms with Crippen molar-refractivity contribution >= 4 is 5.91 Å². The van der Waals surface area contributed by atoms with Gasteiger partial charge < -0.3 is 29.4 Å². The number of fused-ring (bicyclic) bond motifs is 1. The molecule has 0 unspecified atom stereocenters. The molecule has 138 valence electrons. The van der Waals surface area contributed by atoms with Gasteiger partial charge in [-0.25, -0.2) is 0 Å². The van der Waals surface area contributed by atoms with Crippen molar-refractivity contribution in [2.45, 2.75) is 63.8 Å². The van der Waals surface area contributed by atoms with E-state index in [0.29, 0.717) is 6.61 Å². The summed E-state index contributed by atoms with van der Waals surface area (Å²) in [6.07, 6.45) is -2.83. The summed E-state index contributed by atoms with van der Waals surface area (Å²) in [4.78, 5) is 11.6. The van der Waals surface area contributed by atoms with E-state index in [1.807, 2.05) is 30.3 Å². The molecule has 0 aromatic heterocycles. The van der Waals surface area contributed by atoms with E-state index in [1.54, 1.807) is 13.8 Å². The van der Waals surface area contributed by atoms with Crippen molar-refractivity contribution in [1.29, 1.82) is 0 Å². The number of carbonyl (C=O) groups excluding carboxylic acids is 1. The van der Waals surface area contributed by atoms with Crippen LogP contribution in [0.15, 0.2) is 30.3 Å². The molecule has 0 saturated carbocycles. The molecule has 1 amide bonds. The number of hydrogen-bond acceptors (Lipinski definition) is 6. The Morgan fingerprint density at radius 3 is 2.76 bits per heavy atom. The molecule has 25 heavy (non-hydrogen) atoms. The maximum atomic E-state index is 11.6. The lowest BCUT2D eigenvalue weighted by atomic mass is 9.95. The van der Waals surface area contributed by atoms with E-state index >= 15 is 0 Å². The molecule has 0 radical (unpaired) electrons. The van der Waals surface area contributed by atoms with Crippen LogP contribution in [0.25, 0.3) is 0 Å². The molecule has 2 aliphatic rings. The molecule has 5 atom stereocenters. The molecule has 2 saturated heterocycles. The van der Waals surface area contributed by atoms with Crippen molar-refractivity contribution in [3.05, 3.63) is 35.9 Å². The zero-order valence-electron chi connectivity index (χ0n) is 14.7. The third-order valence-corrected chi connectivity index (χ3v) is 4.32. The van der Waals surface area contributed by atoms with Crippen molar-refractivity contribution in [2.75, 3.05) is 6.61 Å². The van der Waals surface area contributed by atoms with Gasteiger partial charge in [0.15, 0.2) is 12.1 Å². The van der Waals surface area contributed by atoms with Crippen LogP contribution in [0, 0.1) is 0 Å². The van der Waals surface area contributed by atoms with Gasteiger partial charge in [-0.3, -0.25) is 4.79 Å². The normalized spacial score (nSPS) is 34.2. The minimum Gasteiger partial charge on any atom is -0.388 e. The number of hydrogen-bond donors (Lipinski definition) is 2. The van der Waals surface area contributed by atoms with E-state index in [-0.39, 0.29) is 12.5 Å². The molecule has 0 aliphatic carbocycles. The van der Waals surface area contributed by atoms with Crippen LogP contribution in [0.2, 0.25) is 0 Å². The summed E-state index contributed by atoms with van der Waals surface area (Å²) in [5, 5.41) is 13.5. The summed E-state index contributed by atoms with van der Waals surface area (Å²) in [5.74, 6) is -1.09. The highest BCUT2D eigenvalue weighted by atomic mass is 16.8. The summed E-state index contributed by atoms with van der Waals surface area (Å²) < 4.78 is 23.2. The van der Waals surface area contributed by atoms with Gasteiger partial charge in [-0.05, 0) is 19.4 Å². The van der Waals surface area contributed by atoms with E-state index in [2.05, 4.69) is 5.32 Å². The Labute approximate surface area is 147 Å². The fourth-order valence-electron chi connectivity index (χ4n) is 3.13. The molecular formula is C18H25NO6. The molecule has 0 spiro atoms. The first-order valence-corrected chi connectivity index (χ1v) is 8.44. The van der Waals surface area contributed by atoms with Gasteiger partial charge in [-0.2, -0.15) is 0 Å². The van der Waals surface area contributed by atoms with Crippen LogP contribution >= 0.6 is 0 Å². The second-order valence-electron chi connectivity index (χ2n) is 6.85. The Balaban J connectivity index is 1.73. The molecular weight excluding hydrogens is 326 g/mol. The van der Waals surface area contributed by atoms with Gasteiger partial charge >= 0.3 is 0 Å². The zero-order valence-corrected chi connectivity index (χ0v) is 14.7. The van der Waals surface area contributed by atoms with Crippen LogP contribution in [0.4, 0.5) is 0 Å². The Morgan fingerprint density at radius 2 is 2.08 bits per heavy atom. The van der Waals surface area contributed by atoms with E-state index in [9.17, 15) is 9.90 Å². The van der Waals surface area contributed by atoms with Crippen molar-refractivity contribution in [2.24, 2.45) is 0 Å². The highest BCUT2D eigenvalue weighted by molar-refractivity contribution is 5.73. The Bertz CT molecular complexity index is 592. The van der Waals surface area contributed by atoms with E-state index in [1.165, 1.54) is 6.92 Å². The highest BCUT2D eigenvalue weighted by Crippen LogP contribution is 2.33. The molecule has 2 fully saturated rings. The Morgan fingerprint density at radius 1 is 1.36 bits per heavy atom. The van der Waals surface area contributed by atoms with Crippen LogP contribution in [0.3, 0.4) is 0 Å². The summed E-state index contributed by atoms with van der Waals surface area (Å²) in [5.41, 5.74) is 0.974. The van der Waals surface area contributed by atoms with Crippen LogP contribution < -0.4 is 5.32 Å². The Kier molecular flexibility index (Phi) is 5.41. The Hall–Kier alpha value is -1.51. The molecule has 1 aromatic rings. The van der Waals surface area contributed by atoms with E-state index < -0.39 is 36.4 Å². The maximum Gasteiger partial charge on any atom is 0.217 e. The highest BCUT2D eigenvalue weighted by Gasteiger charge is 2.51. The summed E-state index contributed by atoms with van der Waals surface area (Å²) in [6.45, 7) is 5.54. The lowest BCUT2D eigenvalue weighted by Gasteiger charge is -2.49. The SMILES string of the molecule is CC(=O)N[C@H]1[C@@H](OCc2ccccc2)O[C@@H]2COC(C)(C)O[C@H]2[C@@H]1O. The number of aliphatic hydroxyl groups excluding tert-OH is 1. The molecule has 2 heterocycles. The molecule has 7 heteroatoms. The quantitative estimate of drug-likeness (QED) is 0.840. The standard InChI is InChI=1S/C18H25NO6/c1-11(20)19-14-15(21)16-13(10-23-18(2,3)25-16)24-17(14)22-9-12-7-5-4-6-8-12/h4-8,13-17,21H,9-10H2,1-3H3,(H,19,20)/t13-,14-,15-,16-,17+/m1/s1. The number of aliphatic hydroxyl groups is 1. The lowest BCUT2D eigenvalue weighted by molar-refractivity contribution is -0.369. The average molecular weight is 351 g/mol. The van der Waals surface area contributed by atoms with Crippen LogP contribution in [0.1, 0.15) is 26.3 Å².